The highest BCUT2D eigenvalue weighted by atomic mass is 31.7. The van der Waals surface area contributed by atoms with Gasteiger partial charge in [0.2, 0.25) is 0 Å². The standard InChI is InChI=1S/C16H22O6P2Si/c1-19-23(17,20-2)25(24(18,21-3)22-4,15-11-7-5-8-12-15)16-13-9-6-10-14-16/h5-14H,1-4H3. The van der Waals surface area contributed by atoms with E-state index in [2.05, 4.69) is 0 Å². The Labute approximate surface area is 148 Å². The molecule has 9 heteroatoms. The van der Waals surface area contributed by atoms with Crippen molar-refractivity contribution in [2.45, 2.75) is 0 Å². The molecule has 25 heavy (non-hydrogen) atoms. The Morgan fingerprint density at radius 1 is 0.600 bits per heavy atom. The lowest BCUT2D eigenvalue weighted by Gasteiger charge is -2.39. The van der Waals surface area contributed by atoms with Crippen LogP contribution in [0.3, 0.4) is 0 Å². The summed E-state index contributed by atoms with van der Waals surface area (Å²) in [6.45, 7) is 0. The highest BCUT2D eigenvalue weighted by molar-refractivity contribution is 8.27. The SMILES string of the molecule is COP(=O)(OC)[Si](c1ccccc1)(c1ccccc1)P(=O)(OC)OC. The van der Waals surface area contributed by atoms with Crippen LogP contribution < -0.4 is 10.4 Å². The molecule has 2 rings (SSSR count). The molecular weight excluding hydrogens is 378 g/mol. The minimum absolute atomic E-state index is 0.584. The number of hydrogen-bond acceptors (Lipinski definition) is 6. The van der Waals surface area contributed by atoms with Gasteiger partial charge in [-0.25, -0.2) is 0 Å². The summed E-state index contributed by atoms with van der Waals surface area (Å²) >= 11 is 0. The van der Waals surface area contributed by atoms with Crippen molar-refractivity contribution in [2.24, 2.45) is 0 Å². The molecule has 0 aliphatic heterocycles. The van der Waals surface area contributed by atoms with Crippen molar-refractivity contribution in [1.82, 2.24) is 0 Å². The van der Waals surface area contributed by atoms with Crippen LogP contribution in [0.4, 0.5) is 0 Å². The smallest absolute Gasteiger partial charge is 0.315 e. The maximum atomic E-state index is 13.8. The minimum Gasteiger partial charge on any atom is -0.315 e. The fourth-order valence-corrected chi connectivity index (χ4v) is 22.8. The van der Waals surface area contributed by atoms with E-state index in [1.54, 1.807) is 48.5 Å². The van der Waals surface area contributed by atoms with Crippen molar-refractivity contribution in [3.8, 4) is 0 Å². The highest BCUT2D eigenvalue weighted by Crippen LogP contribution is 2.72. The van der Waals surface area contributed by atoms with E-state index in [9.17, 15) is 9.13 Å². The van der Waals surface area contributed by atoms with Crippen LogP contribution >= 0.6 is 14.3 Å². The molecule has 0 saturated heterocycles. The monoisotopic (exact) mass is 400 g/mol. The minimum atomic E-state index is -3.89. The van der Waals surface area contributed by atoms with Crippen molar-refractivity contribution in [1.29, 1.82) is 0 Å². The van der Waals surface area contributed by atoms with Crippen molar-refractivity contribution >= 4 is 32.1 Å². The van der Waals surface area contributed by atoms with E-state index < -0.39 is 21.7 Å². The first-order valence-corrected chi connectivity index (χ1v) is 14.3. The molecule has 0 N–H and O–H groups in total. The van der Waals surface area contributed by atoms with Gasteiger partial charge >= 0.3 is 21.7 Å². The van der Waals surface area contributed by atoms with Gasteiger partial charge in [-0.1, -0.05) is 60.7 Å². The van der Waals surface area contributed by atoms with Gasteiger partial charge in [0.25, 0.3) is 0 Å². The van der Waals surface area contributed by atoms with Crippen LogP contribution in [-0.2, 0) is 27.2 Å². The van der Waals surface area contributed by atoms with Crippen LogP contribution in [0.25, 0.3) is 0 Å². The summed E-state index contributed by atoms with van der Waals surface area (Å²) in [5.74, 6) is 0. The van der Waals surface area contributed by atoms with Crippen molar-refractivity contribution in [2.75, 3.05) is 28.4 Å². The molecule has 0 heterocycles. The van der Waals surface area contributed by atoms with Gasteiger partial charge in [-0.05, 0) is 10.4 Å². The van der Waals surface area contributed by atoms with Crippen LogP contribution in [0, 0.1) is 0 Å². The molecule has 0 aliphatic carbocycles. The van der Waals surface area contributed by atoms with Crippen LogP contribution in [0.5, 0.6) is 0 Å². The fraction of sp³-hybridized carbons (Fsp3) is 0.250. The van der Waals surface area contributed by atoms with Crippen molar-refractivity contribution in [3.63, 3.8) is 0 Å². The lowest BCUT2D eigenvalue weighted by Crippen LogP contribution is -2.59. The number of rotatable bonds is 8. The summed E-state index contributed by atoms with van der Waals surface area (Å²) in [4.78, 5) is 0. The van der Waals surface area contributed by atoms with Gasteiger partial charge in [0.15, 0.2) is 0 Å². The molecule has 0 bridgehead atoms. The topological polar surface area (TPSA) is 71.1 Å². The van der Waals surface area contributed by atoms with Crippen molar-refractivity contribution < 1.29 is 27.2 Å². The maximum Gasteiger partial charge on any atom is 0.385 e. The number of benzene rings is 2. The lowest BCUT2D eigenvalue weighted by molar-refractivity contribution is 0.282. The summed E-state index contributed by atoms with van der Waals surface area (Å²) in [6.07, 6.45) is 0. The molecule has 2 aromatic rings. The molecular formula is C16H22O6P2Si. The van der Waals surface area contributed by atoms with Crippen LogP contribution in [-0.4, -0.2) is 35.8 Å². The molecule has 2 aromatic carbocycles. The average molecular weight is 400 g/mol. The molecule has 0 spiro atoms. The maximum absolute atomic E-state index is 13.8. The zero-order valence-electron chi connectivity index (χ0n) is 14.6. The Kier molecular flexibility index (Phi) is 6.57. The predicted octanol–water partition coefficient (Wildman–Crippen LogP) is 3.21. The van der Waals surface area contributed by atoms with E-state index in [0.29, 0.717) is 10.4 Å². The quantitative estimate of drug-likeness (QED) is 0.501. The third-order valence-electron chi connectivity index (χ3n) is 4.11. The molecule has 136 valence electrons. The Morgan fingerprint density at radius 3 is 1.12 bits per heavy atom. The third kappa shape index (κ3) is 3.11. The summed E-state index contributed by atoms with van der Waals surface area (Å²) in [7, 11) is -6.48. The Balaban J connectivity index is 3.05. The lowest BCUT2D eigenvalue weighted by atomic mass is 10.4. The molecule has 0 saturated carbocycles. The molecule has 0 aromatic heterocycles. The van der Waals surface area contributed by atoms with Crippen LogP contribution in [0.1, 0.15) is 0 Å². The van der Waals surface area contributed by atoms with E-state index in [4.69, 9.17) is 18.1 Å². The summed E-state index contributed by atoms with van der Waals surface area (Å²) in [5, 5.41) is 1.17. The number of hydrogen-bond donors (Lipinski definition) is 0. The zero-order valence-corrected chi connectivity index (χ0v) is 17.4. The van der Waals surface area contributed by atoms with Gasteiger partial charge < -0.3 is 18.1 Å². The molecule has 0 atom stereocenters. The summed E-state index contributed by atoms with van der Waals surface area (Å²) in [6, 6.07) is 17.8. The predicted molar refractivity (Wildman–Crippen MR) is 101 cm³/mol. The van der Waals surface area contributed by atoms with Gasteiger partial charge in [0.05, 0.1) is 0 Å². The molecule has 0 fully saturated rings. The van der Waals surface area contributed by atoms with Crippen LogP contribution in [0.15, 0.2) is 60.7 Å². The van der Waals surface area contributed by atoms with Gasteiger partial charge in [-0.15, -0.1) is 0 Å². The molecule has 0 amide bonds. The van der Waals surface area contributed by atoms with Crippen molar-refractivity contribution in [3.05, 3.63) is 60.7 Å². The molecule has 6 nitrogen and oxygen atoms in total. The highest BCUT2D eigenvalue weighted by Gasteiger charge is 2.70. The third-order valence-corrected chi connectivity index (χ3v) is 24.3. The Hall–Kier alpha value is -1.04. The van der Waals surface area contributed by atoms with E-state index in [0.717, 1.165) is 0 Å². The normalized spacial score (nSPS) is 13.0. The van der Waals surface area contributed by atoms with E-state index >= 15 is 0 Å². The second-order valence-corrected chi connectivity index (χ2v) is 19.4. The Bertz CT molecular complexity index is 700. The first kappa shape index (κ1) is 20.3. The second kappa shape index (κ2) is 8.10. The van der Waals surface area contributed by atoms with Gasteiger partial charge in [0.1, 0.15) is 0 Å². The van der Waals surface area contributed by atoms with Gasteiger partial charge in [-0.2, -0.15) is 0 Å². The summed E-state index contributed by atoms with van der Waals surface area (Å²) in [5.41, 5.74) is 0. The molecule has 0 radical (unpaired) electrons. The largest absolute Gasteiger partial charge is 0.385 e. The first-order valence-electron chi connectivity index (χ1n) is 7.50. The second-order valence-electron chi connectivity index (χ2n) is 5.13. The molecule has 0 aliphatic rings. The fourth-order valence-electron chi connectivity index (χ4n) is 2.97. The van der Waals surface area contributed by atoms with E-state index in [1.807, 2.05) is 12.1 Å². The van der Waals surface area contributed by atoms with Crippen LogP contribution in [0.2, 0.25) is 0 Å². The Morgan fingerprint density at radius 2 is 0.880 bits per heavy atom. The molecule has 0 unspecified atom stereocenters. The van der Waals surface area contributed by atoms with Gasteiger partial charge in [-0.3, -0.25) is 9.13 Å². The van der Waals surface area contributed by atoms with Gasteiger partial charge in [0, 0.05) is 28.4 Å². The zero-order chi connectivity index (χ0) is 18.6. The first-order chi connectivity index (χ1) is 12.0. The summed E-state index contributed by atoms with van der Waals surface area (Å²) < 4.78 is 49.1. The van der Waals surface area contributed by atoms with E-state index in [1.165, 1.54) is 28.4 Å². The average Bonchev–Trinajstić information content (AvgIpc) is 2.69. The van der Waals surface area contributed by atoms with E-state index in [-0.39, 0.29) is 0 Å².